The third kappa shape index (κ3) is 2.85. The van der Waals surface area contributed by atoms with Crippen molar-refractivity contribution in [3.8, 4) is 0 Å². The first-order chi connectivity index (χ1) is 8.90. The second-order valence-corrected chi connectivity index (χ2v) is 8.51. The molecular formula is C17H32N2. The van der Waals surface area contributed by atoms with Crippen LogP contribution in [0.1, 0.15) is 66.2 Å². The molecule has 3 unspecified atom stereocenters. The van der Waals surface area contributed by atoms with E-state index in [2.05, 4.69) is 37.9 Å². The summed E-state index contributed by atoms with van der Waals surface area (Å²) >= 11 is 0. The Morgan fingerprint density at radius 3 is 2.47 bits per heavy atom. The number of hydrogen-bond acceptors (Lipinski definition) is 2. The van der Waals surface area contributed by atoms with Gasteiger partial charge in [0.2, 0.25) is 0 Å². The van der Waals surface area contributed by atoms with Crippen LogP contribution in [-0.2, 0) is 0 Å². The van der Waals surface area contributed by atoms with Gasteiger partial charge in [-0.3, -0.25) is 4.90 Å². The molecule has 1 heterocycles. The van der Waals surface area contributed by atoms with E-state index in [4.69, 9.17) is 0 Å². The van der Waals surface area contributed by atoms with Crippen molar-refractivity contribution in [2.24, 2.45) is 11.3 Å². The standard InChI is InChI=1S/C17H32N2/c1-13-11-18-17(4,14-7-8-14)12-19(13)15-6-5-9-16(2,3)10-15/h13-15,18H,5-12H2,1-4H3. The van der Waals surface area contributed by atoms with Gasteiger partial charge in [-0.15, -0.1) is 0 Å². The summed E-state index contributed by atoms with van der Waals surface area (Å²) in [6, 6.07) is 1.55. The molecule has 0 bridgehead atoms. The molecule has 110 valence electrons. The summed E-state index contributed by atoms with van der Waals surface area (Å²) < 4.78 is 0. The molecule has 0 amide bonds. The normalized spacial score (nSPS) is 44.2. The maximum atomic E-state index is 3.86. The van der Waals surface area contributed by atoms with E-state index in [-0.39, 0.29) is 0 Å². The van der Waals surface area contributed by atoms with Gasteiger partial charge in [0, 0.05) is 30.7 Å². The van der Waals surface area contributed by atoms with Gasteiger partial charge in [-0.25, -0.2) is 0 Å². The lowest BCUT2D eigenvalue weighted by molar-refractivity contribution is 0.00934. The van der Waals surface area contributed by atoms with E-state index in [0.29, 0.717) is 17.0 Å². The largest absolute Gasteiger partial charge is 0.308 e. The van der Waals surface area contributed by atoms with Crippen molar-refractivity contribution in [3.63, 3.8) is 0 Å². The van der Waals surface area contributed by atoms with Gasteiger partial charge in [0.25, 0.3) is 0 Å². The molecule has 0 aromatic rings. The van der Waals surface area contributed by atoms with Crippen LogP contribution in [-0.4, -0.2) is 35.6 Å². The van der Waals surface area contributed by atoms with E-state index in [1.165, 1.54) is 51.6 Å². The molecule has 1 aliphatic heterocycles. The Hall–Kier alpha value is -0.0800. The molecule has 3 aliphatic rings. The summed E-state index contributed by atoms with van der Waals surface area (Å²) in [6.07, 6.45) is 8.56. The topological polar surface area (TPSA) is 15.3 Å². The summed E-state index contributed by atoms with van der Waals surface area (Å²) in [7, 11) is 0. The van der Waals surface area contributed by atoms with Crippen LogP contribution in [0.25, 0.3) is 0 Å². The quantitative estimate of drug-likeness (QED) is 0.822. The molecule has 0 aromatic carbocycles. The zero-order valence-electron chi connectivity index (χ0n) is 13.3. The highest BCUT2D eigenvalue weighted by atomic mass is 15.3. The molecule has 1 N–H and O–H groups in total. The summed E-state index contributed by atoms with van der Waals surface area (Å²) in [5.74, 6) is 0.944. The van der Waals surface area contributed by atoms with Crippen molar-refractivity contribution in [3.05, 3.63) is 0 Å². The molecular weight excluding hydrogens is 232 g/mol. The lowest BCUT2D eigenvalue weighted by Crippen LogP contribution is -2.65. The summed E-state index contributed by atoms with van der Waals surface area (Å²) in [6.45, 7) is 12.3. The second kappa shape index (κ2) is 4.73. The molecule has 19 heavy (non-hydrogen) atoms. The van der Waals surface area contributed by atoms with Crippen molar-refractivity contribution in [1.82, 2.24) is 10.2 Å². The van der Waals surface area contributed by atoms with Crippen LogP contribution in [0.2, 0.25) is 0 Å². The van der Waals surface area contributed by atoms with Gasteiger partial charge in [-0.2, -0.15) is 0 Å². The summed E-state index contributed by atoms with van der Waals surface area (Å²) in [4.78, 5) is 2.86. The van der Waals surface area contributed by atoms with Crippen LogP contribution < -0.4 is 5.32 Å². The van der Waals surface area contributed by atoms with Gasteiger partial charge in [0.05, 0.1) is 0 Å². The Morgan fingerprint density at radius 1 is 1.11 bits per heavy atom. The van der Waals surface area contributed by atoms with Crippen LogP contribution in [0.5, 0.6) is 0 Å². The van der Waals surface area contributed by atoms with Crippen molar-refractivity contribution in [1.29, 1.82) is 0 Å². The Labute approximate surface area is 119 Å². The Bertz CT molecular complexity index is 334. The van der Waals surface area contributed by atoms with E-state index in [1.807, 2.05) is 0 Å². The average molecular weight is 264 g/mol. The van der Waals surface area contributed by atoms with Gasteiger partial charge in [-0.05, 0) is 57.3 Å². The van der Waals surface area contributed by atoms with E-state index in [0.717, 1.165) is 12.0 Å². The molecule has 0 radical (unpaired) electrons. The highest BCUT2D eigenvalue weighted by molar-refractivity contribution is 5.05. The molecule has 1 saturated heterocycles. The SMILES string of the molecule is CC1CNC(C)(C2CC2)CN1C1CCCC(C)(C)C1. The smallest absolute Gasteiger partial charge is 0.0309 e. The minimum atomic E-state index is 0.397. The van der Waals surface area contributed by atoms with Gasteiger partial charge in [-0.1, -0.05) is 20.3 Å². The summed E-state index contributed by atoms with van der Waals surface area (Å²) in [5.41, 5.74) is 0.956. The highest BCUT2D eigenvalue weighted by Crippen LogP contribution is 2.44. The van der Waals surface area contributed by atoms with Crippen molar-refractivity contribution in [2.45, 2.75) is 83.8 Å². The second-order valence-electron chi connectivity index (χ2n) is 8.51. The first kappa shape index (κ1) is 13.9. The Kier molecular flexibility index (Phi) is 3.46. The van der Waals surface area contributed by atoms with Gasteiger partial charge >= 0.3 is 0 Å². The fourth-order valence-corrected chi connectivity index (χ4v) is 4.51. The number of piperazine rings is 1. The molecule has 2 aliphatic carbocycles. The predicted molar refractivity (Wildman–Crippen MR) is 81.3 cm³/mol. The maximum absolute atomic E-state index is 3.86. The third-order valence-electron chi connectivity index (χ3n) is 6.01. The number of nitrogens with zero attached hydrogens (tertiary/aromatic N) is 1. The van der Waals surface area contributed by atoms with Crippen molar-refractivity contribution < 1.29 is 0 Å². The van der Waals surface area contributed by atoms with Gasteiger partial charge < -0.3 is 5.32 Å². The van der Waals surface area contributed by atoms with Gasteiger partial charge in [0.15, 0.2) is 0 Å². The molecule has 3 fully saturated rings. The molecule has 2 heteroatoms. The average Bonchev–Trinajstić information content (AvgIpc) is 3.15. The fraction of sp³-hybridized carbons (Fsp3) is 1.00. The number of nitrogens with one attached hydrogen (secondary N) is 1. The van der Waals surface area contributed by atoms with Crippen molar-refractivity contribution >= 4 is 0 Å². The van der Waals surface area contributed by atoms with Crippen LogP contribution in [0.4, 0.5) is 0 Å². The Morgan fingerprint density at radius 2 is 1.84 bits per heavy atom. The third-order valence-corrected chi connectivity index (χ3v) is 6.01. The van der Waals surface area contributed by atoms with Crippen LogP contribution in [0.15, 0.2) is 0 Å². The molecule has 2 saturated carbocycles. The van der Waals surface area contributed by atoms with Crippen LogP contribution in [0.3, 0.4) is 0 Å². The summed E-state index contributed by atoms with van der Waals surface area (Å²) in [5, 5.41) is 3.86. The lowest BCUT2D eigenvalue weighted by Gasteiger charge is -2.51. The minimum absolute atomic E-state index is 0.397. The Balaban J connectivity index is 1.70. The van der Waals surface area contributed by atoms with Gasteiger partial charge in [0.1, 0.15) is 0 Å². The van der Waals surface area contributed by atoms with E-state index in [1.54, 1.807) is 0 Å². The predicted octanol–water partition coefficient (Wildman–Crippen LogP) is 3.42. The fourth-order valence-electron chi connectivity index (χ4n) is 4.51. The van der Waals surface area contributed by atoms with Crippen LogP contribution >= 0.6 is 0 Å². The highest BCUT2D eigenvalue weighted by Gasteiger charge is 2.47. The monoisotopic (exact) mass is 264 g/mol. The van der Waals surface area contributed by atoms with E-state index >= 15 is 0 Å². The van der Waals surface area contributed by atoms with Crippen LogP contribution in [0, 0.1) is 11.3 Å². The molecule has 3 rings (SSSR count). The number of rotatable bonds is 2. The zero-order valence-corrected chi connectivity index (χ0v) is 13.3. The zero-order chi connectivity index (χ0) is 13.7. The first-order valence-corrected chi connectivity index (χ1v) is 8.40. The number of hydrogen-bond donors (Lipinski definition) is 1. The lowest BCUT2D eigenvalue weighted by atomic mass is 9.74. The van der Waals surface area contributed by atoms with E-state index < -0.39 is 0 Å². The van der Waals surface area contributed by atoms with E-state index in [9.17, 15) is 0 Å². The minimum Gasteiger partial charge on any atom is -0.308 e. The first-order valence-electron chi connectivity index (χ1n) is 8.40. The molecule has 2 nitrogen and oxygen atoms in total. The molecule has 0 spiro atoms. The molecule has 3 atom stereocenters. The molecule has 0 aromatic heterocycles. The van der Waals surface area contributed by atoms with Crippen molar-refractivity contribution in [2.75, 3.05) is 13.1 Å². The maximum Gasteiger partial charge on any atom is 0.0309 e.